The van der Waals surface area contributed by atoms with Gasteiger partial charge >= 0.3 is 12.4 Å². The fourth-order valence-corrected chi connectivity index (χ4v) is 2.77. The van der Waals surface area contributed by atoms with E-state index >= 15 is 0 Å². The van der Waals surface area contributed by atoms with Gasteiger partial charge in [0.15, 0.2) is 5.69 Å². The molecular weight excluding hydrogens is 475 g/mol. The molecule has 0 N–H and O–H groups in total. The molecule has 2 rings (SSSR count). The summed E-state index contributed by atoms with van der Waals surface area (Å²) < 4.78 is 75.8. The van der Waals surface area contributed by atoms with E-state index in [4.69, 9.17) is 28.5 Å². The quantitative estimate of drug-likeness (QED) is 0.471. The number of aromatic nitrogens is 2. The van der Waals surface area contributed by atoms with Gasteiger partial charge in [0.05, 0.1) is 20.1 Å². The van der Waals surface area contributed by atoms with Crippen LogP contribution in [0.25, 0.3) is 11.8 Å². The maximum absolute atomic E-state index is 12.8. The van der Waals surface area contributed by atoms with Crippen LogP contribution in [0.2, 0.25) is 10.0 Å². The van der Waals surface area contributed by atoms with E-state index in [1.165, 1.54) is 0 Å². The van der Waals surface area contributed by atoms with Crippen molar-refractivity contribution in [2.45, 2.75) is 12.4 Å². The Hall–Kier alpha value is -1.70. The Morgan fingerprint density at radius 1 is 1.15 bits per heavy atom. The smallest absolute Gasteiger partial charge is 0.236 e. The minimum absolute atomic E-state index is 0.208. The second-order valence-corrected chi connectivity index (χ2v) is 6.43. The van der Waals surface area contributed by atoms with Gasteiger partial charge in [-0.05, 0) is 34.1 Å². The summed E-state index contributed by atoms with van der Waals surface area (Å²) in [6.45, 7) is 0. The summed E-state index contributed by atoms with van der Waals surface area (Å²) in [6, 6.07) is 2.78. The van der Waals surface area contributed by atoms with Gasteiger partial charge in [0.25, 0.3) is 0 Å². The minimum atomic E-state index is -4.70. The van der Waals surface area contributed by atoms with Gasteiger partial charge in [0.1, 0.15) is 11.8 Å². The number of rotatable bonds is 2. The Morgan fingerprint density at radius 2 is 1.69 bits per heavy atom. The van der Waals surface area contributed by atoms with Gasteiger partial charge in [-0.3, -0.25) is 0 Å². The zero-order valence-corrected chi connectivity index (χ0v) is 15.2. The molecule has 26 heavy (non-hydrogen) atoms. The Labute approximate surface area is 160 Å². The lowest BCUT2D eigenvalue weighted by molar-refractivity contribution is -0.137. The highest BCUT2D eigenvalue weighted by Gasteiger charge is 2.33. The molecular formula is C14H4BrCl2F6N3. The first-order valence-electron chi connectivity index (χ1n) is 6.35. The molecule has 0 bridgehead atoms. The van der Waals surface area contributed by atoms with Crippen LogP contribution in [0.15, 0.2) is 22.8 Å². The average molecular weight is 479 g/mol. The van der Waals surface area contributed by atoms with Crippen LogP contribution in [-0.2, 0) is 6.18 Å². The van der Waals surface area contributed by atoms with Gasteiger partial charge < -0.3 is 0 Å². The fourth-order valence-electron chi connectivity index (χ4n) is 1.86. The first kappa shape index (κ1) is 20.6. The Balaban J connectivity index is 2.60. The SMILES string of the molecule is N#Cc1nn(-c2c(Cl)cc(C(F)(F)F)cc2Cl)cc1/C=C(\Br)C(F)(F)F. The lowest BCUT2D eigenvalue weighted by atomic mass is 10.2. The maximum atomic E-state index is 12.8. The summed E-state index contributed by atoms with van der Waals surface area (Å²) in [5.74, 6) is 0. The number of halogens is 9. The molecule has 0 aliphatic heterocycles. The summed E-state index contributed by atoms with van der Waals surface area (Å²) in [5.41, 5.74) is -1.95. The zero-order valence-electron chi connectivity index (χ0n) is 12.1. The fraction of sp³-hybridized carbons (Fsp3) is 0.143. The highest BCUT2D eigenvalue weighted by molar-refractivity contribution is 9.11. The predicted molar refractivity (Wildman–Crippen MR) is 86.3 cm³/mol. The summed E-state index contributed by atoms with van der Waals surface area (Å²) in [6.07, 6.45) is -7.79. The number of nitrogens with zero attached hydrogens (tertiary/aromatic N) is 3. The zero-order chi connectivity index (χ0) is 19.9. The lowest BCUT2D eigenvalue weighted by Crippen LogP contribution is -2.07. The number of benzene rings is 1. The summed E-state index contributed by atoms with van der Waals surface area (Å²) in [5, 5.41) is 11.9. The van der Waals surface area contributed by atoms with Crippen LogP contribution < -0.4 is 0 Å². The first-order valence-corrected chi connectivity index (χ1v) is 7.90. The van der Waals surface area contributed by atoms with E-state index < -0.39 is 38.1 Å². The maximum Gasteiger partial charge on any atom is 0.422 e. The van der Waals surface area contributed by atoms with Crippen LogP contribution in [0.1, 0.15) is 16.8 Å². The van der Waals surface area contributed by atoms with Crippen molar-refractivity contribution >= 4 is 45.2 Å². The van der Waals surface area contributed by atoms with Crippen LogP contribution in [0.3, 0.4) is 0 Å². The second-order valence-electron chi connectivity index (χ2n) is 4.77. The lowest BCUT2D eigenvalue weighted by Gasteiger charge is -2.12. The molecule has 12 heteroatoms. The van der Waals surface area contributed by atoms with E-state index in [1.54, 1.807) is 6.07 Å². The summed E-state index contributed by atoms with van der Waals surface area (Å²) in [7, 11) is 0. The van der Waals surface area contributed by atoms with Crippen molar-refractivity contribution in [3.63, 3.8) is 0 Å². The van der Waals surface area contributed by atoms with Crippen molar-refractivity contribution in [1.29, 1.82) is 5.26 Å². The highest BCUT2D eigenvalue weighted by atomic mass is 79.9. The van der Waals surface area contributed by atoms with Crippen LogP contribution in [0.5, 0.6) is 0 Å². The summed E-state index contributed by atoms with van der Waals surface area (Å²) in [4.78, 5) is 0. The number of hydrogen-bond acceptors (Lipinski definition) is 2. The molecule has 0 amide bonds. The van der Waals surface area contributed by atoms with Gasteiger partial charge in [0, 0.05) is 11.8 Å². The van der Waals surface area contributed by atoms with E-state index in [9.17, 15) is 26.3 Å². The van der Waals surface area contributed by atoms with Crippen molar-refractivity contribution in [1.82, 2.24) is 9.78 Å². The molecule has 0 saturated heterocycles. The molecule has 0 unspecified atom stereocenters. The molecule has 1 aromatic carbocycles. The largest absolute Gasteiger partial charge is 0.422 e. The number of nitriles is 1. The van der Waals surface area contributed by atoms with Crippen molar-refractivity contribution in [3.8, 4) is 11.8 Å². The van der Waals surface area contributed by atoms with Crippen LogP contribution >= 0.6 is 39.1 Å². The normalized spacial score (nSPS) is 13.0. The van der Waals surface area contributed by atoms with E-state index in [0.717, 1.165) is 10.9 Å². The molecule has 0 spiro atoms. The van der Waals surface area contributed by atoms with Gasteiger partial charge in [-0.15, -0.1) is 0 Å². The predicted octanol–water partition coefficient (Wildman–Crippen LogP) is 6.37. The van der Waals surface area contributed by atoms with Gasteiger partial charge in [-0.2, -0.15) is 36.7 Å². The van der Waals surface area contributed by atoms with E-state index in [0.29, 0.717) is 18.2 Å². The molecule has 138 valence electrons. The van der Waals surface area contributed by atoms with Gasteiger partial charge in [0.2, 0.25) is 0 Å². The number of allylic oxidation sites excluding steroid dienone is 1. The Bertz CT molecular complexity index is 901. The van der Waals surface area contributed by atoms with Crippen LogP contribution in [0, 0.1) is 11.3 Å². The molecule has 3 nitrogen and oxygen atoms in total. The first-order chi connectivity index (χ1) is 11.8. The summed E-state index contributed by atoms with van der Waals surface area (Å²) >= 11 is 14.0. The Morgan fingerprint density at radius 3 is 2.12 bits per heavy atom. The molecule has 0 aliphatic carbocycles. The van der Waals surface area contributed by atoms with Crippen LogP contribution in [-0.4, -0.2) is 16.0 Å². The van der Waals surface area contributed by atoms with Crippen molar-refractivity contribution in [2.24, 2.45) is 0 Å². The van der Waals surface area contributed by atoms with E-state index in [1.807, 2.05) is 0 Å². The third kappa shape index (κ3) is 4.34. The molecule has 1 aromatic heterocycles. The van der Waals surface area contributed by atoms with Crippen LogP contribution in [0.4, 0.5) is 26.3 Å². The topological polar surface area (TPSA) is 41.6 Å². The standard InChI is InChI=1S/C14H4BrCl2F6N3/c15-11(14(21,22)23)1-6-5-26(25-10(6)4-24)12-8(16)2-7(3-9(12)17)13(18,19)20/h1-3,5H/b11-1-. The van der Waals surface area contributed by atoms with Gasteiger partial charge in [-0.1, -0.05) is 23.2 Å². The molecule has 0 fully saturated rings. The molecule has 0 aliphatic rings. The van der Waals surface area contributed by atoms with Crippen molar-refractivity contribution < 1.29 is 26.3 Å². The molecule has 0 saturated carbocycles. The monoisotopic (exact) mass is 477 g/mol. The van der Waals surface area contributed by atoms with Crippen molar-refractivity contribution in [3.05, 3.63) is 49.7 Å². The highest BCUT2D eigenvalue weighted by Crippen LogP contribution is 2.38. The second kappa shape index (κ2) is 7.13. The molecule has 0 atom stereocenters. The molecule has 0 radical (unpaired) electrons. The molecule has 2 aromatic rings. The van der Waals surface area contributed by atoms with Crippen molar-refractivity contribution in [2.75, 3.05) is 0 Å². The van der Waals surface area contributed by atoms with E-state index in [2.05, 4.69) is 21.0 Å². The third-order valence-electron chi connectivity index (χ3n) is 2.97. The minimum Gasteiger partial charge on any atom is -0.236 e. The number of alkyl halides is 6. The third-order valence-corrected chi connectivity index (χ3v) is 4.23. The van der Waals surface area contributed by atoms with Gasteiger partial charge in [-0.25, -0.2) is 4.68 Å². The average Bonchev–Trinajstić information content (AvgIpc) is 2.87. The van der Waals surface area contributed by atoms with E-state index in [-0.39, 0.29) is 11.3 Å². The Kier molecular flexibility index (Phi) is 5.66. The molecule has 1 heterocycles. The number of hydrogen-bond donors (Lipinski definition) is 0.